The molecule has 7 heteroatoms. The maximum absolute atomic E-state index is 13.0. The molecule has 0 aromatic carbocycles. The van der Waals surface area contributed by atoms with Crippen LogP contribution in [0, 0.1) is 0 Å². The topological polar surface area (TPSA) is 49.8 Å². The zero-order valence-corrected chi connectivity index (χ0v) is 10.1. The van der Waals surface area contributed by atoms with Gasteiger partial charge in [-0.2, -0.15) is 13.2 Å². The van der Waals surface area contributed by atoms with E-state index in [1.807, 2.05) is 0 Å². The van der Waals surface area contributed by atoms with Gasteiger partial charge < -0.3 is 5.32 Å². The lowest BCUT2D eigenvalue weighted by molar-refractivity contribution is -0.144. The summed E-state index contributed by atoms with van der Waals surface area (Å²) in [5, 5.41) is 4.66. The first-order valence-electron chi connectivity index (χ1n) is 6.04. The van der Waals surface area contributed by atoms with Crippen LogP contribution in [-0.2, 0) is 6.18 Å². The Kier molecular flexibility index (Phi) is 3.41. The van der Waals surface area contributed by atoms with Crippen molar-refractivity contribution in [2.45, 2.75) is 44.3 Å². The Labute approximate surface area is 102 Å². The maximum atomic E-state index is 13.0. The van der Waals surface area contributed by atoms with Crippen molar-refractivity contribution in [1.82, 2.24) is 9.78 Å². The molecular formula is C11H16F3N3O. The van der Waals surface area contributed by atoms with Crippen molar-refractivity contribution in [3.8, 4) is 0 Å². The highest BCUT2D eigenvalue weighted by Gasteiger charge is 2.40. The molecule has 2 N–H and O–H groups in total. The number of anilines is 1. The molecule has 18 heavy (non-hydrogen) atoms. The van der Waals surface area contributed by atoms with Crippen molar-refractivity contribution < 1.29 is 13.2 Å². The predicted molar refractivity (Wildman–Crippen MR) is 61.7 cm³/mol. The van der Waals surface area contributed by atoms with Crippen LogP contribution in [0.5, 0.6) is 0 Å². The Morgan fingerprint density at radius 2 is 1.89 bits per heavy atom. The van der Waals surface area contributed by atoms with Crippen LogP contribution < -0.4 is 10.9 Å². The van der Waals surface area contributed by atoms with E-state index >= 15 is 0 Å². The summed E-state index contributed by atoms with van der Waals surface area (Å²) in [5.41, 5.74) is -2.00. The fourth-order valence-corrected chi connectivity index (χ4v) is 2.57. The Morgan fingerprint density at radius 1 is 1.28 bits per heavy atom. The molecule has 0 radical (unpaired) electrons. The Balaban J connectivity index is 2.49. The maximum Gasteiger partial charge on any atom is 0.435 e. The van der Waals surface area contributed by atoms with Gasteiger partial charge in [0.1, 0.15) is 5.69 Å². The zero-order valence-electron chi connectivity index (χ0n) is 10.1. The third-order valence-corrected chi connectivity index (χ3v) is 3.39. The van der Waals surface area contributed by atoms with Crippen LogP contribution in [0.3, 0.4) is 0 Å². The van der Waals surface area contributed by atoms with E-state index in [1.54, 1.807) is 0 Å². The highest BCUT2D eigenvalue weighted by atomic mass is 19.4. The van der Waals surface area contributed by atoms with Gasteiger partial charge in [-0.25, -0.2) is 0 Å². The molecule has 0 saturated heterocycles. The molecular weight excluding hydrogens is 247 g/mol. The highest BCUT2D eigenvalue weighted by Crippen LogP contribution is 2.37. The molecule has 0 aliphatic heterocycles. The molecule has 1 heterocycles. The number of alkyl halides is 3. The average molecular weight is 263 g/mol. The quantitative estimate of drug-likeness (QED) is 0.862. The molecule has 0 amide bonds. The van der Waals surface area contributed by atoms with Crippen LogP contribution in [0.2, 0.25) is 0 Å². The second-order valence-electron chi connectivity index (χ2n) is 4.57. The van der Waals surface area contributed by atoms with Crippen LogP contribution in [0.25, 0.3) is 0 Å². The van der Waals surface area contributed by atoms with Crippen molar-refractivity contribution in [1.29, 1.82) is 0 Å². The smallest absolute Gasteiger partial charge is 0.382 e. The van der Waals surface area contributed by atoms with Gasteiger partial charge in [-0.15, -0.1) is 0 Å². The van der Waals surface area contributed by atoms with Crippen LogP contribution in [-0.4, -0.2) is 16.8 Å². The first kappa shape index (κ1) is 13.0. The molecule has 1 aromatic heterocycles. The minimum atomic E-state index is -4.53. The van der Waals surface area contributed by atoms with Gasteiger partial charge in [0.25, 0.3) is 5.56 Å². The second-order valence-corrected chi connectivity index (χ2v) is 4.57. The van der Waals surface area contributed by atoms with E-state index in [1.165, 1.54) is 7.05 Å². The van der Waals surface area contributed by atoms with Gasteiger partial charge in [0.2, 0.25) is 0 Å². The number of H-pyrrole nitrogens is 1. The number of hydrogen-bond acceptors (Lipinski definition) is 2. The van der Waals surface area contributed by atoms with Crippen LogP contribution in [0.15, 0.2) is 4.79 Å². The number of nitrogens with zero attached hydrogens (tertiary/aromatic N) is 1. The van der Waals surface area contributed by atoms with E-state index in [0.717, 1.165) is 23.9 Å². The number of aromatic amines is 1. The third-order valence-electron chi connectivity index (χ3n) is 3.39. The van der Waals surface area contributed by atoms with Gasteiger partial charge in [-0.05, 0) is 12.8 Å². The lowest BCUT2D eigenvalue weighted by Crippen LogP contribution is -2.22. The standard InChI is InChI=1S/C11H16F3N3O/c1-15-8-9(11(12,13)14)17(16-10(8)18)7-5-3-2-4-6-7/h7,15H,2-6H2,1H3,(H,16,18). The summed E-state index contributed by atoms with van der Waals surface area (Å²) >= 11 is 0. The van der Waals surface area contributed by atoms with Crippen molar-refractivity contribution in [3.63, 3.8) is 0 Å². The summed E-state index contributed by atoms with van der Waals surface area (Å²) < 4.78 is 40.1. The van der Waals surface area contributed by atoms with Gasteiger partial charge in [0, 0.05) is 7.05 Å². The fourth-order valence-electron chi connectivity index (χ4n) is 2.57. The molecule has 0 spiro atoms. The number of rotatable bonds is 2. The summed E-state index contributed by atoms with van der Waals surface area (Å²) in [6.45, 7) is 0. The number of nitrogens with one attached hydrogen (secondary N) is 2. The number of halogens is 3. The summed E-state index contributed by atoms with van der Waals surface area (Å²) in [7, 11) is 1.32. The van der Waals surface area contributed by atoms with E-state index < -0.39 is 23.1 Å². The molecule has 1 saturated carbocycles. The van der Waals surface area contributed by atoms with E-state index in [2.05, 4.69) is 10.4 Å². The first-order chi connectivity index (χ1) is 8.45. The minimum Gasteiger partial charge on any atom is -0.382 e. The zero-order chi connectivity index (χ0) is 13.3. The number of hydrogen-bond donors (Lipinski definition) is 2. The van der Waals surface area contributed by atoms with E-state index in [-0.39, 0.29) is 6.04 Å². The van der Waals surface area contributed by atoms with E-state index in [9.17, 15) is 18.0 Å². The van der Waals surface area contributed by atoms with Crippen molar-refractivity contribution >= 4 is 5.69 Å². The summed E-state index contributed by atoms with van der Waals surface area (Å²) in [4.78, 5) is 11.5. The lowest BCUT2D eigenvalue weighted by atomic mass is 9.95. The Hall–Kier alpha value is -1.40. The predicted octanol–water partition coefficient (Wildman–Crippen LogP) is 2.74. The summed E-state index contributed by atoms with van der Waals surface area (Å²) in [5.74, 6) is 0. The normalized spacial score (nSPS) is 18.0. The van der Waals surface area contributed by atoms with Crippen molar-refractivity contribution in [3.05, 3.63) is 16.0 Å². The minimum absolute atomic E-state index is 0.259. The van der Waals surface area contributed by atoms with Crippen molar-refractivity contribution in [2.24, 2.45) is 0 Å². The lowest BCUT2D eigenvalue weighted by Gasteiger charge is -2.25. The fraction of sp³-hybridized carbons (Fsp3) is 0.727. The van der Waals surface area contributed by atoms with Crippen LogP contribution in [0.1, 0.15) is 43.8 Å². The molecule has 1 aromatic rings. The third kappa shape index (κ3) is 2.26. The van der Waals surface area contributed by atoms with Crippen LogP contribution in [0.4, 0.5) is 18.9 Å². The van der Waals surface area contributed by atoms with Crippen molar-refractivity contribution in [2.75, 3.05) is 12.4 Å². The molecule has 2 rings (SSSR count). The highest BCUT2D eigenvalue weighted by molar-refractivity contribution is 5.47. The molecule has 102 valence electrons. The van der Waals surface area contributed by atoms with Gasteiger partial charge in [0.15, 0.2) is 5.69 Å². The Morgan fingerprint density at radius 3 is 2.39 bits per heavy atom. The molecule has 0 bridgehead atoms. The SMILES string of the molecule is CNc1c(C(F)(F)F)n(C2CCCCC2)[nH]c1=O. The summed E-state index contributed by atoms with van der Waals surface area (Å²) in [6, 6.07) is -0.259. The van der Waals surface area contributed by atoms with Gasteiger partial charge in [-0.3, -0.25) is 14.6 Å². The van der Waals surface area contributed by atoms with Gasteiger partial charge in [0.05, 0.1) is 6.04 Å². The molecule has 1 aliphatic rings. The second kappa shape index (κ2) is 4.70. The molecule has 0 atom stereocenters. The molecule has 0 unspecified atom stereocenters. The molecule has 1 fully saturated rings. The summed E-state index contributed by atoms with van der Waals surface area (Å²) in [6.07, 6.45) is -0.334. The molecule has 4 nitrogen and oxygen atoms in total. The van der Waals surface area contributed by atoms with Gasteiger partial charge >= 0.3 is 6.18 Å². The van der Waals surface area contributed by atoms with E-state index in [0.29, 0.717) is 12.8 Å². The number of aromatic nitrogens is 2. The first-order valence-corrected chi connectivity index (χ1v) is 6.04. The monoisotopic (exact) mass is 263 g/mol. The molecule has 1 aliphatic carbocycles. The average Bonchev–Trinajstić information content (AvgIpc) is 2.67. The van der Waals surface area contributed by atoms with Crippen LogP contribution >= 0.6 is 0 Å². The van der Waals surface area contributed by atoms with E-state index in [4.69, 9.17) is 0 Å². The Bertz CT molecular complexity index is 469. The largest absolute Gasteiger partial charge is 0.435 e. The van der Waals surface area contributed by atoms with Gasteiger partial charge in [-0.1, -0.05) is 19.3 Å².